The van der Waals surface area contributed by atoms with E-state index < -0.39 is 0 Å². The third-order valence-electron chi connectivity index (χ3n) is 2.68. The molecule has 0 saturated heterocycles. The summed E-state index contributed by atoms with van der Waals surface area (Å²) >= 11 is 0. The van der Waals surface area contributed by atoms with Gasteiger partial charge in [-0.05, 0) is 25.0 Å². The van der Waals surface area contributed by atoms with Crippen molar-refractivity contribution in [1.82, 2.24) is 10.2 Å². The summed E-state index contributed by atoms with van der Waals surface area (Å²) < 4.78 is 0. The van der Waals surface area contributed by atoms with Crippen molar-refractivity contribution < 1.29 is 0 Å². The van der Waals surface area contributed by atoms with Crippen molar-refractivity contribution in [1.29, 1.82) is 0 Å². The Balaban J connectivity index is 2.76. The molecule has 1 heterocycles. The Morgan fingerprint density at radius 2 is 2.29 bits per heavy atom. The number of anilines is 1. The molecule has 14 heavy (non-hydrogen) atoms. The zero-order chi connectivity index (χ0) is 10.6. The average Bonchev–Trinajstić information content (AvgIpc) is 2.19. The number of nitrogens with two attached hydrogens (primary N) is 1. The molecule has 0 radical (unpaired) electrons. The minimum Gasteiger partial charge on any atom is -0.362 e. The van der Waals surface area contributed by atoms with E-state index in [1.165, 1.54) is 0 Å². The van der Waals surface area contributed by atoms with Crippen molar-refractivity contribution >= 4 is 5.82 Å². The molecule has 4 nitrogen and oxygen atoms in total. The third kappa shape index (κ3) is 2.42. The van der Waals surface area contributed by atoms with Crippen LogP contribution < -0.4 is 11.1 Å². The first kappa shape index (κ1) is 10.9. The molecular weight excluding hydrogens is 176 g/mol. The molecule has 3 N–H and O–H groups in total. The molecule has 0 amide bonds. The fourth-order valence-corrected chi connectivity index (χ4v) is 1.09. The second kappa shape index (κ2) is 4.37. The largest absolute Gasteiger partial charge is 0.362 e. The zero-order valence-electron chi connectivity index (χ0n) is 8.99. The van der Waals surface area contributed by atoms with Gasteiger partial charge in [0.2, 0.25) is 0 Å². The van der Waals surface area contributed by atoms with Gasteiger partial charge in [0, 0.05) is 12.7 Å². The van der Waals surface area contributed by atoms with Gasteiger partial charge < -0.3 is 11.1 Å². The lowest BCUT2D eigenvalue weighted by Gasteiger charge is -2.33. The lowest BCUT2D eigenvalue weighted by molar-refractivity contribution is 0.381. The smallest absolute Gasteiger partial charge is 0.149 e. The fourth-order valence-electron chi connectivity index (χ4n) is 1.09. The van der Waals surface area contributed by atoms with E-state index in [-0.39, 0.29) is 5.54 Å². The van der Waals surface area contributed by atoms with Crippen LogP contribution in [0.5, 0.6) is 0 Å². The topological polar surface area (TPSA) is 63.8 Å². The van der Waals surface area contributed by atoms with E-state index in [9.17, 15) is 0 Å². The van der Waals surface area contributed by atoms with E-state index in [1.807, 2.05) is 12.1 Å². The van der Waals surface area contributed by atoms with Crippen molar-refractivity contribution in [2.24, 2.45) is 11.7 Å². The number of hydrogen-bond acceptors (Lipinski definition) is 4. The molecule has 1 rings (SSSR count). The lowest BCUT2D eigenvalue weighted by atomic mass is 9.88. The van der Waals surface area contributed by atoms with E-state index >= 15 is 0 Å². The van der Waals surface area contributed by atoms with Gasteiger partial charge in [0.05, 0.1) is 5.54 Å². The summed E-state index contributed by atoms with van der Waals surface area (Å²) in [5.74, 6) is 1.21. The molecule has 1 unspecified atom stereocenters. The molecular formula is C10H18N4. The van der Waals surface area contributed by atoms with Gasteiger partial charge in [-0.3, -0.25) is 0 Å². The van der Waals surface area contributed by atoms with E-state index in [2.05, 4.69) is 36.3 Å². The molecule has 0 saturated carbocycles. The molecule has 0 spiro atoms. The Labute approximate surface area is 84.9 Å². The Morgan fingerprint density at radius 1 is 1.57 bits per heavy atom. The minimum absolute atomic E-state index is 0.129. The minimum atomic E-state index is -0.129. The van der Waals surface area contributed by atoms with Gasteiger partial charge in [0.1, 0.15) is 5.82 Å². The van der Waals surface area contributed by atoms with Crippen LogP contribution in [0.3, 0.4) is 0 Å². The fraction of sp³-hybridized carbons (Fsp3) is 0.600. The van der Waals surface area contributed by atoms with E-state index in [4.69, 9.17) is 5.73 Å². The standard InChI is InChI=1S/C10H18N4/c1-8(2)10(3,7-11)13-9-5-4-6-12-14-9/h4-6,8H,7,11H2,1-3H3,(H,13,14). The molecule has 0 aliphatic heterocycles. The van der Waals surface area contributed by atoms with Gasteiger partial charge in [-0.2, -0.15) is 5.10 Å². The lowest BCUT2D eigenvalue weighted by Crippen LogP contribution is -2.47. The maximum atomic E-state index is 5.75. The van der Waals surface area contributed by atoms with Gasteiger partial charge >= 0.3 is 0 Å². The van der Waals surface area contributed by atoms with Crippen LogP contribution in [0.25, 0.3) is 0 Å². The van der Waals surface area contributed by atoms with Crippen LogP contribution in [-0.4, -0.2) is 22.3 Å². The Kier molecular flexibility index (Phi) is 3.41. The SMILES string of the molecule is CC(C)C(C)(CN)Nc1cccnn1. The van der Waals surface area contributed by atoms with Crippen LogP contribution in [0.2, 0.25) is 0 Å². The molecule has 0 fully saturated rings. The highest BCUT2D eigenvalue weighted by atomic mass is 15.2. The van der Waals surface area contributed by atoms with Gasteiger partial charge in [-0.25, -0.2) is 0 Å². The molecule has 0 aliphatic carbocycles. The third-order valence-corrected chi connectivity index (χ3v) is 2.68. The van der Waals surface area contributed by atoms with E-state index in [1.54, 1.807) is 6.20 Å². The summed E-state index contributed by atoms with van der Waals surface area (Å²) in [4.78, 5) is 0. The van der Waals surface area contributed by atoms with Crippen molar-refractivity contribution in [2.45, 2.75) is 26.3 Å². The molecule has 0 aromatic carbocycles. The predicted molar refractivity (Wildman–Crippen MR) is 58.0 cm³/mol. The van der Waals surface area contributed by atoms with Crippen LogP contribution in [0.15, 0.2) is 18.3 Å². The molecule has 1 atom stereocenters. The van der Waals surface area contributed by atoms with Gasteiger partial charge in [0.25, 0.3) is 0 Å². The van der Waals surface area contributed by atoms with Crippen molar-refractivity contribution in [3.63, 3.8) is 0 Å². The summed E-state index contributed by atoms with van der Waals surface area (Å²) in [7, 11) is 0. The quantitative estimate of drug-likeness (QED) is 0.757. The number of aromatic nitrogens is 2. The normalized spacial score (nSPS) is 15.2. The molecule has 0 aliphatic rings. The molecule has 1 aromatic heterocycles. The van der Waals surface area contributed by atoms with Crippen LogP contribution in [0.4, 0.5) is 5.82 Å². The predicted octanol–water partition coefficient (Wildman–Crippen LogP) is 1.26. The Hall–Kier alpha value is -1.16. The number of nitrogens with zero attached hydrogens (tertiary/aromatic N) is 2. The summed E-state index contributed by atoms with van der Waals surface area (Å²) in [6, 6.07) is 3.75. The molecule has 4 heteroatoms. The first-order chi connectivity index (χ1) is 6.58. The van der Waals surface area contributed by atoms with Crippen molar-refractivity contribution in [3.05, 3.63) is 18.3 Å². The summed E-state index contributed by atoms with van der Waals surface area (Å²) in [5, 5.41) is 11.1. The van der Waals surface area contributed by atoms with Crippen LogP contribution in [0.1, 0.15) is 20.8 Å². The van der Waals surface area contributed by atoms with Crippen molar-refractivity contribution in [2.75, 3.05) is 11.9 Å². The van der Waals surface area contributed by atoms with Gasteiger partial charge in [-0.15, -0.1) is 5.10 Å². The van der Waals surface area contributed by atoms with Crippen LogP contribution in [-0.2, 0) is 0 Å². The number of nitrogens with one attached hydrogen (secondary N) is 1. The van der Waals surface area contributed by atoms with Crippen LogP contribution >= 0.6 is 0 Å². The average molecular weight is 194 g/mol. The molecule has 78 valence electrons. The van der Waals surface area contributed by atoms with E-state index in [0.29, 0.717) is 12.5 Å². The second-order valence-electron chi connectivity index (χ2n) is 4.01. The summed E-state index contributed by atoms with van der Waals surface area (Å²) in [6.07, 6.45) is 1.65. The monoisotopic (exact) mass is 194 g/mol. The maximum absolute atomic E-state index is 5.75. The Morgan fingerprint density at radius 3 is 2.71 bits per heavy atom. The van der Waals surface area contributed by atoms with Crippen LogP contribution in [0, 0.1) is 5.92 Å². The first-order valence-corrected chi connectivity index (χ1v) is 4.84. The molecule has 1 aromatic rings. The zero-order valence-corrected chi connectivity index (χ0v) is 8.99. The summed E-state index contributed by atoms with van der Waals surface area (Å²) in [6.45, 7) is 6.93. The highest BCUT2D eigenvalue weighted by Crippen LogP contribution is 2.19. The second-order valence-corrected chi connectivity index (χ2v) is 4.01. The van der Waals surface area contributed by atoms with Gasteiger partial charge in [0.15, 0.2) is 0 Å². The highest BCUT2D eigenvalue weighted by molar-refractivity contribution is 5.35. The van der Waals surface area contributed by atoms with Crippen molar-refractivity contribution in [3.8, 4) is 0 Å². The summed E-state index contributed by atoms with van der Waals surface area (Å²) in [5.41, 5.74) is 5.62. The molecule has 0 bridgehead atoms. The Bertz CT molecular complexity index is 273. The number of hydrogen-bond donors (Lipinski definition) is 2. The maximum Gasteiger partial charge on any atom is 0.149 e. The van der Waals surface area contributed by atoms with Gasteiger partial charge in [-0.1, -0.05) is 13.8 Å². The van der Waals surface area contributed by atoms with E-state index in [0.717, 1.165) is 5.82 Å². The first-order valence-electron chi connectivity index (χ1n) is 4.84. The number of rotatable bonds is 4. The highest BCUT2D eigenvalue weighted by Gasteiger charge is 2.26.